The summed E-state index contributed by atoms with van der Waals surface area (Å²) in [6.07, 6.45) is 1.86. The normalized spacial score (nSPS) is 16.0. The van der Waals surface area contributed by atoms with E-state index in [9.17, 15) is 9.59 Å². The van der Waals surface area contributed by atoms with E-state index >= 15 is 0 Å². The molecular weight excluding hydrogens is 278 g/mol. The number of piperidine rings is 1. The topological polar surface area (TPSA) is 75.4 Å². The molecule has 0 atom stereocenters. The number of carbonyl (C=O) groups is 2. The lowest BCUT2D eigenvalue weighted by Crippen LogP contribution is -2.43. The maximum absolute atomic E-state index is 12.0. The Morgan fingerprint density at radius 2 is 2.00 bits per heavy atom. The third-order valence-corrected chi connectivity index (χ3v) is 3.82. The second-order valence-electron chi connectivity index (χ2n) is 5.17. The van der Waals surface area contributed by atoms with E-state index in [4.69, 9.17) is 17.3 Å². The molecule has 0 spiro atoms. The van der Waals surface area contributed by atoms with Gasteiger partial charge in [0.15, 0.2) is 0 Å². The van der Waals surface area contributed by atoms with Crippen LogP contribution in [0.4, 0.5) is 11.4 Å². The molecule has 1 fully saturated rings. The quantitative estimate of drug-likeness (QED) is 0.615. The molecule has 0 saturated carbocycles. The molecule has 5 nitrogen and oxygen atoms in total. The van der Waals surface area contributed by atoms with Gasteiger partial charge in [-0.1, -0.05) is 18.5 Å². The fourth-order valence-electron chi connectivity index (χ4n) is 2.16. The molecule has 3 N–H and O–H groups in total. The van der Waals surface area contributed by atoms with Crippen molar-refractivity contribution in [3.63, 3.8) is 0 Å². The molecule has 6 heteroatoms. The van der Waals surface area contributed by atoms with Crippen molar-refractivity contribution in [3.05, 3.63) is 23.2 Å². The highest BCUT2D eigenvalue weighted by atomic mass is 35.5. The average molecular weight is 296 g/mol. The molecular formula is C14H18ClN3O2. The molecule has 2 rings (SSSR count). The maximum Gasteiger partial charge on any atom is 0.313 e. The molecule has 20 heavy (non-hydrogen) atoms. The SMILES string of the molecule is CC1CCN(C(=O)C(=O)Nc2ccc(N)cc2Cl)CC1. The number of hydrogen-bond donors (Lipinski definition) is 2. The van der Waals surface area contributed by atoms with Crippen molar-refractivity contribution in [2.45, 2.75) is 19.8 Å². The summed E-state index contributed by atoms with van der Waals surface area (Å²) in [4.78, 5) is 25.6. The lowest BCUT2D eigenvalue weighted by atomic mass is 9.99. The van der Waals surface area contributed by atoms with Crippen LogP contribution in [0.25, 0.3) is 0 Å². The number of benzene rings is 1. The van der Waals surface area contributed by atoms with E-state index in [1.54, 1.807) is 17.0 Å². The molecule has 1 aromatic carbocycles. The molecule has 108 valence electrons. The Balaban J connectivity index is 1.99. The fraction of sp³-hybridized carbons (Fsp3) is 0.429. The Morgan fingerprint density at radius 3 is 2.60 bits per heavy atom. The number of nitrogens with one attached hydrogen (secondary N) is 1. The third kappa shape index (κ3) is 3.42. The molecule has 1 heterocycles. The number of likely N-dealkylation sites (tertiary alicyclic amines) is 1. The van der Waals surface area contributed by atoms with Gasteiger partial charge >= 0.3 is 11.8 Å². The number of amides is 2. The summed E-state index contributed by atoms with van der Waals surface area (Å²) >= 11 is 5.96. The van der Waals surface area contributed by atoms with Gasteiger partial charge in [0.05, 0.1) is 10.7 Å². The van der Waals surface area contributed by atoms with Gasteiger partial charge in [0.1, 0.15) is 0 Å². The van der Waals surface area contributed by atoms with Gasteiger partial charge in [-0.3, -0.25) is 9.59 Å². The van der Waals surface area contributed by atoms with Crippen molar-refractivity contribution < 1.29 is 9.59 Å². The summed E-state index contributed by atoms with van der Waals surface area (Å²) in [6, 6.07) is 4.74. The predicted octanol–water partition coefficient (Wildman–Crippen LogP) is 2.12. The first-order chi connectivity index (χ1) is 9.47. The number of halogens is 1. The van der Waals surface area contributed by atoms with Crippen LogP contribution < -0.4 is 11.1 Å². The van der Waals surface area contributed by atoms with E-state index in [0.717, 1.165) is 12.8 Å². The highest BCUT2D eigenvalue weighted by molar-refractivity contribution is 6.41. The van der Waals surface area contributed by atoms with Crippen LogP contribution in [0.2, 0.25) is 5.02 Å². The molecule has 0 aromatic heterocycles. The number of nitrogens with zero attached hydrogens (tertiary/aromatic N) is 1. The zero-order valence-electron chi connectivity index (χ0n) is 11.4. The van der Waals surface area contributed by atoms with Crippen LogP contribution in [0, 0.1) is 5.92 Å². The van der Waals surface area contributed by atoms with Gasteiger partial charge in [0.25, 0.3) is 0 Å². The maximum atomic E-state index is 12.0. The minimum atomic E-state index is -0.661. The van der Waals surface area contributed by atoms with Gasteiger partial charge in [0.2, 0.25) is 0 Å². The molecule has 1 saturated heterocycles. The number of carbonyl (C=O) groups excluding carboxylic acids is 2. The first-order valence-electron chi connectivity index (χ1n) is 6.62. The largest absolute Gasteiger partial charge is 0.399 e. The van der Waals surface area contributed by atoms with Crippen LogP contribution >= 0.6 is 11.6 Å². The fourth-order valence-corrected chi connectivity index (χ4v) is 2.40. The zero-order chi connectivity index (χ0) is 14.7. The zero-order valence-corrected chi connectivity index (χ0v) is 12.1. The van der Waals surface area contributed by atoms with Crippen molar-refractivity contribution in [1.29, 1.82) is 0 Å². The highest BCUT2D eigenvalue weighted by Gasteiger charge is 2.25. The Hall–Kier alpha value is -1.75. The van der Waals surface area contributed by atoms with Crippen LogP contribution in [0.3, 0.4) is 0 Å². The Morgan fingerprint density at radius 1 is 1.35 bits per heavy atom. The van der Waals surface area contributed by atoms with Crippen molar-refractivity contribution in [2.24, 2.45) is 5.92 Å². The highest BCUT2D eigenvalue weighted by Crippen LogP contribution is 2.24. The summed E-state index contributed by atoms with van der Waals surface area (Å²) in [6.45, 7) is 3.40. The summed E-state index contributed by atoms with van der Waals surface area (Å²) in [5.41, 5.74) is 6.47. The summed E-state index contributed by atoms with van der Waals surface area (Å²) in [5.74, 6) is -0.565. The van der Waals surface area contributed by atoms with E-state index in [1.165, 1.54) is 6.07 Å². The van der Waals surface area contributed by atoms with Crippen molar-refractivity contribution in [2.75, 3.05) is 24.1 Å². The van der Waals surface area contributed by atoms with Crippen molar-refractivity contribution in [3.8, 4) is 0 Å². The molecule has 0 aliphatic carbocycles. The van der Waals surface area contributed by atoms with Crippen LogP contribution in [-0.2, 0) is 9.59 Å². The van der Waals surface area contributed by atoms with E-state index in [2.05, 4.69) is 12.2 Å². The molecule has 0 bridgehead atoms. The third-order valence-electron chi connectivity index (χ3n) is 3.51. The molecule has 0 radical (unpaired) electrons. The predicted molar refractivity (Wildman–Crippen MR) is 79.5 cm³/mol. The Bertz CT molecular complexity index is 525. The molecule has 0 unspecified atom stereocenters. The molecule has 1 aliphatic rings. The first kappa shape index (κ1) is 14.7. The van der Waals surface area contributed by atoms with Gasteiger partial charge in [-0.2, -0.15) is 0 Å². The average Bonchev–Trinajstić information content (AvgIpc) is 2.42. The lowest BCUT2D eigenvalue weighted by Gasteiger charge is -2.29. The number of nitrogens with two attached hydrogens (primary N) is 1. The lowest BCUT2D eigenvalue weighted by molar-refractivity contribution is -0.144. The summed E-state index contributed by atoms with van der Waals surface area (Å²) in [5, 5.41) is 2.85. The Kier molecular flexibility index (Phi) is 4.49. The van der Waals surface area contributed by atoms with Crippen LogP contribution in [0.5, 0.6) is 0 Å². The van der Waals surface area contributed by atoms with E-state index < -0.39 is 11.8 Å². The molecule has 2 amide bonds. The smallest absolute Gasteiger partial charge is 0.313 e. The monoisotopic (exact) mass is 295 g/mol. The van der Waals surface area contributed by atoms with Crippen LogP contribution in [-0.4, -0.2) is 29.8 Å². The van der Waals surface area contributed by atoms with Gasteiger partial charge in [-0.25, -0.2) is 0 Å². The van der Waals surface area contributed by atoms with Gasteiger partial charge in [-0.15, -0.1) is 0 Å². The van der Waals surface area contributed by atoms with E-state index in [1.807, 2.05) is 0 Å². The van der Waals surface area contributed by atoms with Crippen LogP contribution in [0.1, 0.15) is 19.8 Å². The molecule has 1 aromatic rings. The minimum absolute atomic E-state index is 0.318. The second-order valence-corrected chi connectivity index (χ2v) is 5.58. The van der Waals surface area contributed by atoms with E-state index in [-0.39, 0.29) is 0 Å². The number of anilines is 2. The number of rotatable bonds is 1. The number of nitrogen functional groups attached to an aromatic ring is 1. The van der Waals surface area contributed by atoms with Gasteiger partial charge < -0.3 is 16.0 Å². The standard InChI is InChI=1S/C14H18ClN3O2/c1-9-4-6-18(7-5-9)14(20)13(19)17-12-3-2-10(16)8-11(12)15/h2-3,8-9H,4-7,16H2,1H3,(H,17,19). The minimum Gasteiger partial charge on any atom is -0.399 e. The van der Waals surface area contributed by atoms with Crippen molar-refractivity contribution >= 4 is 34.8 Å². The Labute approximate surface area is 123 Å². The summed E-state index contributed by atoms with van der Waals surface area (Å²) < 4.78 is 0. The first-order valence-corrected chi connectivity index (χ1v) is 7.00. The number of hydrogen-bond acceptors (Lipinski definition) is 3. The van der Waals surface area contributed by atoms with Gasteiger partial charge in [0, 0.05) is 18.8 Å². The van der Waals surface area contributed by atoms with Gasteiger partial charge in [-0.05, 0) is 37.0 Å². The van der Waals surface area contributed by atoms with Crippen molar-refractivity contribution in [1.82, 2.24) is 4.90 Å². The van der Waals surface area contributed by atoms with Crippen LogP contribution in [0.15, 0.2) is 18.2 Å². The summed E-state index contributed by atoms with van der Waals surface area (Å²) in [7, 11) is 0. The molecule has 1 aliphatic heterocycles. The van der Waals surface area contributed by atoms with E-state index in [0.29, 0.717) is 35.4 Å². The second kappa shape index (κ2) is 6.13.